The van der Waals surface area contributed by atoms with E-state index in [-0.39, 0.29) is 11.8 Å². The molecule has 3 aliphatic rings. The van der Waals surface area contributed by atoms with E-state index in [0.717, 1.165) is 12.8 Å². The second kappa shape index (κ2) is 4.17. The monoisotopic (exact) mass is 235 g/mol. The number of cyclic esters (lactones) is 1. The number of imide groups is 1. The fraction of sp³-hybridized carbons (Fsp3) is 0.692. The van der Waals surface area contributed by atoms with Crippen LogP contribution in [0.15, 0.2) is 12.2 Å². The van der Waals surface area contributed by atoms with Crippen molar-refractivity contribution in [2.45, 2.75) is 25.7 Å². The summed E-state index contributed by atoms with van der Waals surface area (Å²) in [6.07, 6.45) is 8.20. The third kappa shape index (κ3) is 1.75. The average Bonchev–Trinajstić information content (AvgIpc) is 2.95. The predicted molar refractivity (Wildman–Crippen MR) is 61.1 cm³/mol. The number of carbonyl (C=O) groups excluding carboxylic acids is 2. The van der Waals surface area contributed by atoms with Crippen molar-refractivity contribution in [1.29, 1.82) is 0 Å². The van der Waals surface area contributed by atoms with Crippen LogP contribution in [0.2, 0.25) is 0 Å². The smallest absolute Gasteiger partial charge is 0.416 e. The summed E-state index contributed by atoms with van der Waals surface area (Å²) in [6.45, 7) is 0.774. The lowest BCUT2D eigenvalue weighted by molar-refractivity contribution is -0.134. The second-order valence-corrected chi connectivity index (χ2v) is 5.13. The van der Waals surface area contributed by atoms with Crippen molar-refractivity contribution in [3.8, 4) is 0 Å². The number of nitrogens with zero attached hydrogens (tertiary/aromatic N) is 1. The maximum absolute atomic E-state index is 12.3. The van der Waals surface area contributed by atoms with Gasteiger partial charge in [-0.05, 0) is 31.1 Å². The fourth-order valence-electron chi connectivity index (χ4n) is 3.41. The molecule has 0 N–H and O–H groups in total. The van der Waals surface area contributed by atoms with Crippen LogP contribution in [0.25, 0.3) is 0 Å². The average molecular weight is 235 g/mol. The van der Waals surface area contributed by atoms with E-state index in [0.29, 0.717) is 25.0 Å². The summed E-state index contributed by atoms with van der Waals surface area (Å²) < 4.78 is 4.84. The molecule has 0 bridgehead atoms. The summed E-state index contributed by atoms with van der Waals surface area (Å²) in [6, 6.07) is 0. The topological polar surface area (TPSA) is 46.6 Å². The molecule has 1 aliphatic heterocycles. The maximum atomic E-state index is 12.3. The molecule has 1 saturated carbocycles. The third-order valence-electron chi connectivity index (χ3n) is 4.26. The van der Waals surface area contributed by atoms with Crippen LogP contribution in [0, 0.1) is 17.8 Å². The van der Waals surface area contributed by atoms with Crippen molar-refractivity contribution in [2.24, 2.45) is 17.8 Å². The molecule has 3 rings (SSSR count). The molecular weight excluding hydrogens is 218 g/mol. The lowest BCUT2D eigenvalue weighted by atomic mass is 9.77. The van der Waals surface area contributed by atoms with Crippen LogP contribution in [-0.4, -0.2) is 30.1 Å². The van der Waals surface area contributed by atoms with Crippen LogP contribution >= 0.6 is 0 Å². The number of fused-ring (bicyclic) bond motifs is 1. The lowest BCUT2D eigenvalue weighted by Crippen LogP contribution is -2.41. The van der Waals surface area contributed by atoms with Gasteiger partial charge in [-0.3, -0.25) is 4.79 Å². The van der Waals surface area contributed by atoms with Gasteiger partial charge >= 0.3 is 6.09 Å². The van der Waals surface area contributed by atoms with E-state index in [1.165, 1.54) is 17.7 Å². The summed E-state index contributed by atoms with van der Waals surface area (Å²) in [5.74, 6) is 0.976. The normalized spacial score (nSPS) is 35.9. The van der Waals surface area contributed by atoms with Gasteiger partial charge in [0.15, 0.2) is 0 Å². The zero-order valence-electron chi connectivity index (χ0n) is 9.80. The Kier molecular flexibility index (Phi) is 2.65. The molecule has 0 aromatic heterocycles. The molecule has 4 heteroatoms. The van der Waals surface area contributed by atoms with Gasteiger partial charge in [-0.1, -0.05) is 18.6 Å². The molecule has 0 aromatic rings. The van der Waals surface area contributed by atoms with Gasteiger partial charge < -0.3 is 4.74 Å². The van der Waals surface area contributed by atoms with Crippen LogP contribution in [0.3, 0.4) is 0 Å². The SMILES string of the molecule is O=C1OCCN1C(=O)[C@@H]1CC=C[C@@H]2CCC[C@H]21. The van der Waals surface area contributed by atoms with Gasteiger partial charge in [0.25, 0.3) is 0 Å². The number of hydrogen-bond donors (Lipinski definition) is 0. The van der Waals surface area contributed by atoms with E-state index in [1.807, 2.05) is 0 Å². The first-order valence-corrected chi connectivity index (χ1v) is 6.42. The van der Waals surface area contributed by atoms with Gasteiger partial charge in [-0.25, -0.2) is 9.69 Å². The molecule has 2 amide bonds. The molecular formula is C13H17NO3. The van der Waals surface area contributed by atoms with Crippen LogP contribution in [0.1, 0.15) is 25.7 Å². The van der Waals surface area contributed by atoms with E-state index in [2.05, 4.69) is 12.2 Å². The lowest BCUT2D eigenvalue weighted by Gasteiger charge is -2.30. The summed E-state index contributed by atoms with van der Waals surface area (Å²) in [4.78, 5) is 25.1. The van der Waals surface area contributed by atoms with Gasteiger partial charge in [0, 0.05) is 5.92 Å². The zero-order valence-corrected chi connectivity index (χ0v) is 9.80. The third-order valence-corrected chi connectivity index (χ3v) is 4.26. The van der Waals surface area contributed by atoms with Crippen molar-refractivity contribution < 1.29 is 14.3 Å². The van der Waals surface area contributed by atoms with Crippen molar-refractivity contribution >= 4 is 12.0 Å². The Hall–Kier alpha value is -1.32. The van der Waals surface area contributed by atoms with Gasteiger partial charge in [0.1, 0.15) is 6.61 Å². The van der Waals surface area contributed by atoms with Crippen LogP contribution in [0.5, 0.6) is 0 Å². The fourth-order valence-corrected chi connectivity index (χ4v) is 3.41. The Morgan fingerprint density at radius 3 is 3.06 bits per heavy atom. The molecule has 0 unspecified atom stereocenters. The first-order valence-electron chi connectivity index (χ1n) is 6.42. The highest BCUT2D eigenvalue weighted by atomic mass is 16.6. The van der Waals surface area contributed by atoms with E-state index in [9.17, 15) is 9.59 Å². The Bertz CT molecular complexity index is 377. The minimum absolute atomic E-state index is 0.00171. The Morgan fingerprint density at radius 1 is 1.41 bits per heavy atom. The van der Waals surface area contributed by atoms with E-state index < -0.39 is 6.09 Å². The van der Waals surface area contributed by atoms with Crippen molar-refractivity contribution in [2.75, 3.05) is 13.2 Å². The molecule has 4 nitrogen and oxygen atoms in total. The van der Waals surface area contributed by atoms with E-state index >= 15 is 0 Å². The Labute approximate surface area is 101 Å². The standard InChI is InChI=1S/C13H17NO3/c15-12(14-7-8-17-13(14)16)11-6-2-4-9-3-1-5-10(9)11/h2,4,9-11H,1,3,5-8H2/t9-,10+,11+/m0/s1. The van der Waals surface area contributed by atoms with Gasteiger partial charge in [-0.2, -0.15) is 0 Å². The van der Waals surface area contributed by atoms with E-state index in [4.69, 9.17) is 4.74 Å². The van der Waals surface area contributed by atoms with Crippen molar-refractivity contribution in [3.05, 3.63) is 12.2 Å². The Balaban J connectivity index is 1.77. The van der Waals surface area contributed by atoms with Crippen LogP contribution < -0.4 is 0 Å². The molecule has 0 radical (unpaired) electrons. The minimum atomic E-state index is -0.459. The highest BCUT2D eigenvalue weighted by molar-refractivity contribution is 5.94. The first-order chi connectivity index (χ1) is 8.27. The number of carbonyl (C=O) groups is 2. The van der Waals surface area contributed by atoms with Crippen LogP contribution in [-0.2, 0) is 9.53 Å². The molecule has 0 spiro atoms. The van der Waals surface area contributed by atoms with E-state index in [1.54, 1.807) is 0 Å². The molecule has 92 valence electrons. The Morgan fingerprint density at radius 2 is 2.29 bits per heavy atom. The molecule has 17 heavy (non-hydrogen) atoms. The quantitative estimate of drug-likeness (QED) is 0.653. The van der Waals surface area contributed by atoms with Gasteiger partial charge in [0.05, 0.1) is 6.54 Å². The van der Waals surface area contributed by atoms with Crippen molar-refractivity contribution in [1.82, 2.24) is 4.90 Å². The highest BCUT2D eigenvalue weighted by Gasteiger charge is 2.42. The largest absolute Gasteiger partial charge is 0.447 e. The van der Waals surface area contributed by atoms with Crippen molar-refractivity contribution in [3.63, 3.8) is 0 Å². The maximum Gasteiger partial charge on any atom is 0.416 e. The summed E-state index contributed by atoms with van der Waals surface area (Å²) in [7, 11) is 0. The molecule has 3 atom stereocenters. The van der Waals surface area contributed by atoms with Gasteiger partial charge in [-0.15, -0.1) is 0 Å². The molecule has 1 saturated heterocycles. The number of ether oxygens (including phenoxy) is 1. The minimum Gasteiger partial charge on any atom is -0.447 e. The molecule has 2 aliphatic carbocycles. The number of allylic oxidation sites excluding steroid dienone is 2. The molecule has 0 aromatic carbocycles. The summed E-state index contributed by atoms with van der Waals surface area (Å²) in [5.41, 5.74) is 0. The first kappa shape index (κ1) is 10.8. The number of amides is 2. The molecule has 1 heterocycles. The van der Waals surface area contributed by atoms with Crippen LogP contribution in [0.4, 0.5) is 4.79 Å². The van der Waals surface area contributed by atoms with Gasteiger partial charge in [0.2, 0.25) is 5.91 Å². The molecule has 2 fully saturated rings. The second-order valence-electron chi connectivity index (χ2n) is 5.13. The number of rotatable bonds is 1. The highest BCUT2D eigenvalue weighted by Crippen LogP contribution is 2.43. The summed E-state index contributed by atoms with van der Waals surface area (Å²) >= 11 is 0. The number of hydrogen-bond acceptors (Lipinski definition) is 3. The predicted octanol–water partition coefficient (Wildman–Crippen LogP) is 1.96. The summed E-state index contributed by atoms with van der Waals surface area (Å²) in [5, 5.41) is 0. The zero-order chi connectivity index (χ0) is 11.8.